The summed E-state index contributed by atoms with van der Waals surface area (Å²) < 4.78 is 4.86. The highest BCUT2D eigenvalue weighted by molar-refractivity contribution is 5.92. The minimum absolute atomic E-state index is 0.183. The third kappa shape index (κ3) is 2.81. The van der Waals surface area contributed by atoms with Crippen LogP contribution in [0.25, 0.3) is 10.9 Å². The van der Waals surface area contributed by atoms with Crippen LogP contribution in [0.1, 0.15) is 16.2 Å². The number of methoxy groups -OCH3 is 1. The van der Waals surface area contributed by atoms with Gasteiger partial charge in [0, 0.05) is 25.2 Å². The molecule has 5 nitrogen and oxygen atoms in total. The number of fused-ring (bicyclic) bond motifs is 1. The molecule has 1 aromatic carbocycles. The van der Waals surface area contributed by atoms with Gasteiger partial charge in [0.05, 0.1) is 12.1 Å². The van der Waals surface area contributed by atoms with Crippen LogP contribution in [-0.4, -0.2) is 36.1 Å². The quantitative estimate of drug-likeness (QED) is 0.825. The molecule has 2 rings (SSSR count). The molecule has 18 heavy (non-hydrogen) atoms. The van der Waals surface area contributed by atoms with Gasteiger partial charge in [-0.1, -0.05) is 11.6 Å². The van der Waals surface area contributed by atoms with E-state index in [9.17, 15) is 4.79 Å². The van der Waals surface area contributed by atoms with Crippen LogP contribution in [0, 0.1) is 6.92 Å². The minimum atomic E-state index is -0.283. The molecule has 0 unspecified atom stereocenters. The number of aryl methyl sites for hydroxylation is 1. The Kier molecular flexibility index (Phi) is 3.84. The molecule has 0 aliphatic rings. The van der Waals surface area contributed by atoms with Crippen LogP contribution in [0.3, 0.4) is 0 Å². The van der Waals surface area contributed by atoms with Gasteiger partial charge in [0.1, 0.15) is 0 Å². The lowest BCUT2D eigenvalue weighted by Gasteiger charge is -2.04. The third-order valence-electron chi connectivity index (χ3n) is 2.53. The molecule has 0 saturated carbocycles. The summed E-state index contributed by atoms with van der Waals surface area (Å²) in [6, 6.07) is 5.84. The van der Waals surface area contributed by atoms with Crippen molar-refractivity contribution in [1.82, 2.24) is 15.3 Å². The minimum Gasteiger partial charge on any atom is -0.383 e. The number of ether oxygens (including phenoxy) is 1. The van der Waals surface area contributed by atoms with Crippen molar-refractivity contribution in [3.63, 3.8) is 0 Å². The van der Waals surface area contributed by atoms with Crippen molar-refractivity contribution in [3.05, 3.63) is 35.8 Å². The molecule has 1 aromatic heterocycles. The molecule has 0 aliphatic carbocycles. The van der Waals surface area contributed by atoms with Crippen LogP contribution < -0.4 is 5.32 Å². The van der Waals surface area contributed by atoms with Gasteiger partial charge in [-0.05, 0) is 19.1 Å². The van der Waals surface area contributed by atoms with E-state index >= 15 is 0 Å². The molecular formula is C13H15N3O2. The van der Waals surface area contributed by atoms with Gasteiger partial charge in [-0.3, -0.25) is 4.79 Å². The Balaban J connectivity index is 2.19. The summed E-state index contributed by atoms with van der Waals surface area (Å²) in [4.78, 5) is 20.0. The Morgan fingerprint density at radius 3 is 3.06 bits per heavy atom. The monoisotopic (exact) mass is 245 g/mol. The molecule has 1 amide bonds. The van der Waals surface area contributed by atoms with Crippen LogP contribution in [0.2, 0.25) is 0 Å². The first-order valence-corrected chi connectivity index (χ1v) is 5.71. The van der Waals surface area contributed by atoms with Crippen molar-refractivity contribution in [2.75, 3.05) is 20.3 Å². The molecule has 1 N–H and O–H groups in total. The Bertz CT molecular complexity index is 569. The highest BCUT2D eigenvalue weighted by Crippen LogP contribution is 2.12. The van der Waals surface area contributed by atoms with Crippen LogP contribution in [-0.2, 0) is 4.74 Å². The average Bonchev–Trinajstić information content (AvgIpc) is 2.38. The van der Waals surface area contributed by atoms with Gasteiger partial charge in [-0.25, -0.2) is 9.97 Å². The van der Waals surface area contributed by atoms with E-state index in [1.807, 2.05) is 25.1 Å². The number of amides is 1. The fourth-order valence-corrected chi connectivity index (χ4v) is 1.61. The van der Waals surface area contributed by atoms with Crippen LogP contribution >= 0.6 is 0 Å². The largest absolute Gasteiger partial charge is 0.383 e. The van der Waals surface area contributed by atoms with Crippen molar-refractivity contribution < 1.29 is 9.53 Å². The van der Waals surface area contributed by atoms with Crippen molar-refractivity contribution >= 4 is 16.8 Å². The lowest BCUT2D eigenvalue weighted by molar-refractivity contribution is 0.0927. The van der Waals surface area contributed by atoms with E-state index in [1.54, 1.807) is 13.3 Å². The zero-order chi connectivity index (χ0) is 13.0. The van der Waals surface area contributed by atoms with E-state index < -0.39 is 0 Å². The zero-order valence-electron chi connectivity index (χ0n) is 10.4. The first-order valence-electron chi connectivity index (χ1n) is 5.71. The Morgan fingerprint density at radius 2 is 2.28 bits per heavy atom. The second-order valence-corrected chi connectivity index (χ2v) is 4.00. The van der Waals surface area contributed by atoms with Gasteiger partial charge in [-0.15, -0.1) is 0 Å². The van der Waals surface area contributed by atoms with E-state index in [-0.39, 0.29) is 11.7 Å². The van der Waals surface area contributed by atoms with Gasteiger partial charge >= 0.3 is 0 Å². The Labute approximate surface area is 105 Å². The number of benzene rings is 1. The highest BCUT2D eigenvalue weighted by Gasteiger charge is 2.09. The fraction of sp³-hybridized carbons (Fsp3) is 0.308. The Morgan fingerprint density at radius 1 is 1.44 bits per heavy atom. The van der Waals surface area contributed by atoms with Gasteiger partial charge < -0.3 is 10.1 Å². The lowest BCUT2D eigenvalue weighted by atomic mass is 10.2. The van der Waals surface area contributed by atoms with Crippen LogP contribution in [0.4, 0.5) is 0 Å². The van der Waals surface area contributed by atoms with Crippen molar-refractivity contribution in [3.8, 4) is 0 Å². The predicted octanol–water partition coefficient (Wildman–Crippen LogP) is 1.31. The van der Waals surface area contributed by atoms with Gasteiger partial charge in [0.25, 0.3) is 5.91 Å². The van der Waals surface area contributed by atoms with Crippen LogP contribution in [0.5, 0.6) is 0 Å². The average molecular weight is 245 g/mol. The van der Waals surface area contributed by atoms with Gasteiger partial charge in [0.2, 0.25) is 5.82 Å². The summed E-state index contributed by atoms with van der Waals surface area (Å²) in [6.45, 7) is 2.92. The summed E-state index contributed by atoms with van der Waals surface area (Å²) in [5.41, 5.74) is 1.91. The number of carbonyl (C=O) groups is 1. The molecule has 2 aromatic rings. The van der Waals surface area contributed by atoms with Crippen molar-refractivity contribution in [1.29, 1.82) is 0 Å². The molecule has 94 valence electrons. The second kappa shape index (κ2) is 5.55. The molecule has 0 atom stereocenters. The van der Waals surface area contributed by atoms with Crippen molar-refractivity contribution in [2.45, 2.75) is 6.92 Å². The third-order valence-corrected chi connectivity index (χ3v) is 2.53. The molecule has 5 heteroatoms. The van der Waals surface area contributed by atoms with Crippen molar-refractivity contribution in [2.24, 2.45) is 0 Å². The zero-order valence-corrected chi connectivity index (χ0v) is 10.4. The smallest absolute Gasteiger partial charge is 0.289 e. The molecule has 0 radical (unpaired) electrons. The maximum Gasteiger partial charge on any atom is 0.289 e. The second-order valence-electron chi connectivity index (χ2n) is 4.00. The highest BCUT2D eigenvalue weighted by atomic mass is 16.5. The Hall–Kier alpha value is -2.01. The summed E-state index contributed by atoms with van der Waals surface area (Å²) in [5.74, 6) is -0.100. The number of nitrogens with zero attached hydrogens (tertiary/aromatic N) is 2. The lowest BCUT2D eigenvalue weighted by Crippen LogP contribution is -2.28. The fourth-order valence-electron chi connectivity index (χ4n) is 1.61. The van der Waals surface area contributed by atoms with E-state index in [0.717, 1.165) is 16.5 Å². The number of hydrogen-bond donors (Lipinski definition) is 1. The molecule has 0 spiro atoms. The first-order chi connectivity index (χ1) is 8.70. The van der Waals surface area contributed by atoms with E-state index in [4.69, 9.17) is 4.74 Å². The number of nitrogens with one attached hydrogen (secondary N) is 1. The number of aromatic nitrogens is 2. The van der Waals surface area contributed by atoms with Gasteiger partial charge in [-0.2, -0.15) is 0 Å². The number of hydrogen-bond acceptors (Lipinski definition) is 4. The van der Waals surface area contributed by atoms with E-state index in [2.05, 4.69) is 15.3 Å². The first kappa shape index (κ1) is 12.4. The number of rotatable bonds is 4. The summed E-state index contributed by atoms with van der Waals surface area (Å²) >= 11 is 0. The topological polar surface area (TPSA) is 64.1 Å². The molecular weight excluding hydrogens is 230 g/mol. The predicted molar refractivity (Wildman–Crippen MR) is 68.5 cm³/mol. The maximum atomic E-state index is 11.7. The van der Waals surface area contributed by atoms with Crippen LogP contribution in [0.15, 0.2) is 24.4 Å². The normalized spacial score (nSPS) is 10.6. The summed E-state index contributed by atoms with van der Waals surface area (Å²) in [5, 5.41) is 3.62. The van der Waals surface area contributed by atoms with E-state index in [1.165, 1.54) is 0 Å². The summed E-state index contributed by atoms with van der Waals surface area (Å²) in [6.07, 6.45) is 1.67. The SMILES string of the molecule is COCCNC(=O)c1ncc2cc(C)ccc2n1. The number of carbonyl (C=O) groups excluding carboxylic acids is 1. The molecule has 1 heterocycles. The summed E-state index contributed by atoms with van der Waals surface area (Å²) in [7, 11) is 1.58. The maximum absolute atomic E-state index is 11.7. The molecule has 0 saturated heterocycles. The standard InChI is InChI=1S/C13H15N3O2/c1-9-3-4-11-10(7-9)8-15-12(16-11)13(17)14-5-6-18-2/h3-4,7-8H,5-6H2,1-2H3,(H,14,17). The molecule has 0 bridgehead atoms. The molecule has 0 aliphatic heterocycles. The van der Waals surface area contributed by atoms with E-state index in [0.29, 0.717) is 13.2 Å². The molecule has 0 fully saturated rings. The van der Waals surface area contributed by atoms with Gasteiger partial charge in [0.15, 0.2) is 0 Å².